The summed E-state index contributed by atoms with van der Waals surface area (Å²) in [6.07, 6.45) is 3.28. The fourth-order valence-electron chi connectivity index (χ4n) is 1.76. The summed E-state index contributed by atoms with van der Waals surface area (Å²) in [6.45, 7) is 4.63. The molecule has 1 aliphatic heterocycles. The van der Waals surface area contributed by atoms with E-state index in [9.17, 15) is 4.79 Å². The predicted molar refractivity (Wildman–Crippen MR) is 54.0 cm³/mol. The first-order chi connectivity index (χ1) is 7.18. The van der Waals surface area contributed by atoms with Crippen LogP contribution in [0.3, 0.4) is 0 Å². The van der Waals surface area contributed by atoms with E-state index in [0.717, 1.165) is 5.56 Å². The van der Waals surface area contributed by atoms with E-state index in [2.05, 4.69) is 15.8 Å². The Hall–Kier alpha value is -1.36. The number of nitrogens with zero attached hydrogens (tertiary/aromatic N) is 1. The van der Waals surface area contributed by atoms with Gasteiger partial charge in [0.15, 0.2) is 0 Å². The molecule has 2 N–H and O–H groups in total. The first-order valence-corrected chi connectivity index (χ1v) is 5.11. The third kappa shape index (κ3) is 2.02. The van der Waals surface area contributed by atoms with E-state index < -0.39 is 0 Å². The van der Waals surface area contributed by atoms with Gasteiger partial charge in [0, 0.05) is 12.1 Å². The van der Waals surface area contributed by atoms with Crippen LogP contribution in [0.15, 0.2) is 17.0 Å². The maximum absolute atomic E-state index is 11.5. The van der Waals surface area contributed by atoms with Gasteiger partial charge in [-0.05, 0) is 5.92 Å². The van der Waals surface area contributed by atoms with Gasteiger partial charge in [0.05, 0.1) is 18.3 Å². The minimum atomic E-state index is -0.140. The Balaban J connectivity index is 2.09. The van der Waals surface area contributed by atoms with E-state index in [1.54, 1.807) is 12.5 Å². The minimum absolute atomic E-state index is 0.0673. The van der Waals surface area contributed by atoms with Gasteiger partial charge in [0.2, 0.25) is 5.91 Å². The van der Waals surface area contributed by atoms with Crippen LogP contribution in [-0.4, -0.2) is 23.7 Å². The van der Waals surface area contributed by atoms with Crippen LogP contribution in [0.4, 0.5) is 0 Å². The van der Waals surface area contributed by atoms with Crippen molar-refractivity contribution < 1.29 is 9.32 Å². The lowest BCUT2D eigenvalue weighted by Gasteiger charge is -2.32. The summed E-state index contributed by atoms with van der Waals surface area (Å²) in [4.78, 5) is 11.5. The highest BCUT2D eigenvalue weighted by Gasteiger charge is 2.30. The van der Waals surface area contributed by atoms with E-state index in [-0.39, 0.29) is 23.9 Å². The number of nitrogens with one attached hydrogen (secondary N) is 2. The van der Waals surface area contributed by atoms with E-state index in [0.29, 0.717) is 6.54 Å². The summed E-state index contributed by atoms with van der Waals surface area (Å²) >= 11 is 0. The van der Waals surface area contributed by atoms with Gasteiger partial charge in [-0.1, -0.05) is 19.0 Å². The average Bonchev–Trinajstić information content (AvgIpc) is 2.71. The average molecular weight is 209 g/mol. The highest BCUT2D eigenvalue weighted by atomic mass is 16.5. The first kappa shape index (κ1) is 10.2. The summed E-state index contributed by atoms with van der Waals surface area (Å²) in [5.74, 6) is 0.338. The Morgan fingerprint density at radius 1 is 1.60 bits per heavy atom. The molecule has 1 aromatic rings. The second-order valence-corrected chi connectivity index (χ2v) is 4.14. The third-order valence-corrected chi connectivity index (χ3v) is 2.66. The van der Waals surface area contributed by atoms with Crippen LogP contribution in [0.2, 0.25) is 0 Å². The summed E-state index contributed by atoms with van der Waals surface area (Å²) in [7, 11) is 0. The summed E-state index contributed by atoms with van der Waals surface area (Å²) < 4.78 is 4.79. The van der Waals surface area contributed by atoms with Gasteiger partial charge in [0.25, 0.3) is 0 Å². The maximum atomic E-state index is 11.5. The Labute approximate surface area is 88.2 Å². The lowest BCUT2D eigenvalue weighted by molar-refractivity contribution is -0.126. The zero-order valence-corrected chi connectivity index (χ0v) is 8.86. The third-order valence-electron chi connectivity index (χ3n) is 2.66. The van der Waals surface area contributed by atoms with Gasteiger partial charge in [-0.15, -0.1) is 0 Å². The molecule has 2 rings (SSSR count). The van der Waals surface area contributed by atoms with Gasteiger partial charge in [-0.3, -0.25) is 10.1 Å². The second-order valence-electron chi connectivity index (χ2n) is 4.14. The van der Waals surface area contributed by atoms with E-state index in [1.807, 2.05) is 13.8 Å². The molecule has 0 radical (unpaired) electrons. The molecule has 1 fully saturated rings. The molecule has 1 saturated heterocycles. The molecule has 82 valence electrons. The zero-order chi connectivity index (χ0) is 10.8. The molecule has 1 aliphatic rings. The van der Waals surface area contributed by atoms with Gasteiger partial charge < -0.3 is 9.84 Å². The van der Waals surface area contributed by atoms with Crippen molar-refractivity contribution in [3.05, 3.63) is 18.0 Å². The van der Waals surface area contributed by atoms with Crippen LogP contribution in [0, 0.1) is 5.92 Å². The molecule has 5 heteroatoms. The fourth-order valence-corrected chi connectivity index (χ4v) is 1.76. The molecule has 1 amide bonds. The van der Waals surface area contributed by atoms with Crippen molar-refractivity contribution in [1.82, 2.24) is 15.8 Å². The molecular weight excluding hydrogens is 194 g/mol. The quantitative estimate of drug-likeness (QED) is 0.742. The maximum Gasteiger partial charge on any atom is 0.237 e. The Morgan fingerprint density at radius 3 is 3.00 bits per heavy atom. The highest BCUT2D eigenvalue weighted by Crippen LogP contribution is 2.17. The Bertz CT molecular complexity index is 334. The highest BCUT2D eigenvalue weighted by molar-refractivity contribution is 5.82. The predicted octanol–water partition coefficient (Wildman–Crippen LogP) is 0.460. The molecule has 1 unspecified atom stereocenters. The summed E-state index contributed by atoms with van der Waals surface area (Å²) in [5.41, 5.74) is 0.973. The molecule has 2 heterocycles. The van der Waals surface area contributed by atoms with Crippen LogP contribution >= 0.6 is 0 Å². The van der Waals surface area contributed by atoms with Crippen molar-refractivity contribution in [2.24, 2.45) is 5.92 Å². The lowest BCUT2D eigenvalue weighted by atomic mass is 9.98. The van der Waals surface area contributed by atoms with Crippen molar-refractivity contribution in [1.29, 1.82) is 0 Å². The fraction of sp³-hybridized carbons (Fsp3) is 0.600. The van der Waals surface area contributed by atoms with Crippen molar-refractivity contribution in [3.8, 4) is 0 Å². The number of hydrogen-bond acceptors (Lipinski definition) is 4. The number of carbonyl (C=O) groups is 1. The zero-order valence-electron chi connectivity index (χ0n) is 8.86. The van der Waals surface area contributed by atoms with Crippen molar-refractivity contribution >= 4 is 5.91 Å². The SMILES string of the molecule is CC(C)[C@@H]1NC(c2cnoc2)CNC1=O. The van der Waals surface area contributed by atoms with Crippen molar-refractivity contribution in [2.75, 3.05) is 6.54 Å². The number of amides is 1. The van der Waals surface area contributed by atoms with Crippen LogP contribution in [0.5, 0.6) is 0 Å². The molecule has 0 bridgehead atoms. The van der Waals surface area contributed by atoms with Gasteiger partial charge in [0.1, 0.15) is 6.26 Å². The molecule has 0 spiro atoms. The normalized spacial score (nSPS) is 26.7. The topological polar surface area (TPSA) is 67.2 Å². The molecule has 0 saturated carbocycles. The first-order valence-electron chi connectivity index (χ1n) is 5.11. The number of carbonyl (C=O) groups excluding carboxylic acids is 1. The molecule has 5 nitrogen and oxygen atoms in total. The molecule has 15 heavy (non-hydrogen) atoms. The number of aromatic nitrogens is 1. The van der Waals surface area contributed by atoms with Crippen molar-refractivity contribution in [2.45, 2.75) is 25.9 Å². The minimum Gasteiger partial charge on any atom is -0.364 e. The molecular formula is C10H15N3O2. The van der Waals surface area contributed by atoms with Gasteiger partial charge in [-0.2, -0.15) is 0 Å². The van der Waals surface area contributed by atoms with Gasteiger partial charge in [-0.25, -0.2) is 0 Å². The Kier molecular flexibility index (Phi) is 2.73. The second kappa shape index (κ2) is 4.02. The molecule has 2 atom stereocenters. The number of hydrogen-bond donors (Lipinski definition) is 2. The largest absolute Gasteiger partial charge is 0.364 e. The molecule has 0 aromatic carbocycles. The van der Waals surface area contributed by atoms with Gasteiger partial charge >= 0.3 is 0 Å². The number of piperazine rings is 1. The monoisotopic (exact) mass is 209 g/mol. The Morgan fingerprint density at radius 2 is 2.40 bits per heavy atom. The van der Waals surface area contributed by atoms with E-state index in [1.165, 1.54) is 0 Å². The van der Waals surface area contributed by atoms with E-state index >= 15 is 0 Å². The molecule has 0 aliphatic carbocycles. The summed E-state index contributed by atoms with van der Waals surface area (Å²) in [6, 6.07) is -0.0417. The van der Waals surface area contributed by atoms with Crippen LogP contribution in [0.25, 0.3) is 0 Å². The van der Waals surface area contributed by atoms with Crippen molar-refractivity contribution in [3.63, 3.8) is 0 Å². The number of rotatable bonds is 2. The smallest absolute Gasteiger partial charge is 0.237 e. The lowest BCUT2D eigenvalue weighted by Crippen LogP contribution is -2.56. The summed E-state index contributed by atoms with van der Waals surface area (Å²) in [5, 5.41) is 9.83. The standard InChI is InChI=1S/C10H15N3O2/c1-6(2)9-10(14)11-4-8(13-9)7-3-12-15-5-7/h3,5-6,8-9,13H,4H2,1-2H3,(H,11,14)/t8?,9-/m0/s1. The van der Waals surface area contributed by atoms with Crippen LogP contribution in [-0.2, 0) is 4.79 Å². The van der Waals surface area contributed by atoms with Crippen LogP contribution in [0.1, 0.15) is 25.5 Å². The molecule has 1 aromatic heterocycles. The van der Waals surface area contributed by atoms with E-state index in [4.69, 9.17) is 4.52 Å². The van der Waals surface area contributed by atoms with Crippen LogP contribution < -0.4 is 10.6 Å².